The first-order chi connectivity index (χ1) is 25.7. The van der Waals surface area contributed by atoms with Crippen LogP contribution < -0.4 is 15.1 Å². The molecule has 0 atom stereocenters. The fourth-order valence-electron chi connectivity index (χ4n) is 8.55. The van der Waals surface area contributed by atoms with Gasteiger partial charge in [-0.25, -0.2) is 0 Å². The van der Waals surface area contributed by atoms with Crippen LogP contribution in [0.1, 0.15) is 93.7 Å². The minimum Gasteiger partial charge on any atom is -0.490 e. The summed E-state index contributed by atoms with van der Waals surface area (Å²) in [5.41, 5.74) is 15.4. The molecule has 0 spiro atoms. The van der Waals surface area contributed by atoms with Gasteiger partial charge in [0.25, 0.3) is 0 Å². The molecule has 3 heteroatoms. The molecule has 6 rings (SSSR count). The van der Waals surface area contributed by atoms with E-state index in [1.807, 2.05) is 6.08 Å². The standard InChI is InChI=1S/C51H64OSi2/c1-12-15-19-37-21-17-23-39(32-37)41-25-27-43-44-28-26-42(40-24-18-22-38(33-40)20-16-13-2)35-46(44)50(45(43)34-41)53(8,9)47-30-36(4)31-48(49(47)52-29-14-3)54(10,11)51(5,6)7/h14,17-18,21-28,30-35,50H,3,12-13,15-16,19-20,29H2,1-2,4-11H3. The van der Waals surface area contributed by atoms with Crippen LogP contribution in [-0.4, -0.2) is 22.8 Å². The van der Waals surface area contributed by atoms with E-state index in [4.69, 9.17) is 4.74 Å². The van der Waals surface area contributed by atoms with Gasteiger partial charge in [-0.2, -0.15) is 0 Å². The zero-order valence-electron chi connectivity index (χ0n) is 35.0. The Hall–Kier alpha value is -3.93. The molecule has 0 aromatic heterocycles. The fourth-order valence-corrected chi connectivity index (χ4v) is 14.6. The van der Waals surface area contributed by atoms with E-state index >= 15 is 0 Å². The van der Waals surface area contributed by atoms with Crippen LogP contribution in [0.2, 0.25) is 31.2 Å². The van der Waals surface area contributed by atoms with Gasteiger partial charge in [-0.3, -0.25) is 0 Å². The van der Waals surface area contributed by atoms with Crippen molar-refractivity contribution in [2.24, 2.45) is 0 Å². The van der Waals surface area contributed by atoms with Gasteiger partial charge in [-0.05, 0) is 104 Å². The summed E-state index contributed by atoms with van der Waals surface area (Å²) in [6.07, 6.45) is 9.03. The van der Waals surface area contributed by atoms with Gasteiger partial charge in [-0.1, -0.05) is 189 Å². The molecular formula is C51H64OSi2. The van der Waals surface area contributed by atoms with Gasteiger partial charge in [0.1, 0.15) is 12.4 Å². The molecule has 1 aliphatic rings. The Morgan fingerprint density at radius 3 is 1.59 bits per heavy atom. The molecule has 0 heterocycles. The zero-order chi connectivity index (χ0) is 38.8. The molecule has 0 fully saturated rings. The predicted octanol–water partition coefficient (Wildman–Crippen LogP) is 13.6. The van der Waals surface area contributed by atoms with E-state index in [-0.39, 0.29) is 10.6 Å². The van der Waals surface area contributed by atoms with Gasteiger partial charge >= 0.3 is 0 Å². The number of hydrogen-bond donors (Lipinski definition) is 0. The molecule has 5 aromatic carbocycles. The zero-order valence-corrected chi connectivity index (χ0v) is 37.0. The maximum atomic E-state index is 6.90. The third-order valence-corrected chi connectivity index (χ3v) is 22.0. The number of aryl methyl sites for hydroxylation is 3. The van der Waals surface area contributed by atoms with Crippen LogP contribution in [0.5, 0.6) is 5.75 Å². The number of ether oxygens (including phenoxy) is 1. The summed E-state index contributed by atoms with van der Waals surface area (Å²) in [4.78, 5) is 0. The summed E-state index contributed by atoms with van der Waals surface area (Å²) in [6.45, 7) is 29.0. The lowest BCUT2D eigenvalue weighted by atomic mass is 9.96. The molecule has 0 bridgehead atoms. The van der Waals surface area contributed by atoms with E-state index in [9.17, 15) is 0 Å². The highest BCUT2D eigenvalue weighted by Gasteiger charge is 2.46. The lowest BCUT2D eigenvalue weighted by molar-refractivity contribution is 0.368. The van der Waals surface area contributed by atoms with Crippen molar-refractivity contribution in [3.05, 3.63) is 138 Å². The average Bonchev–Trinajstić information content (AvgIpc) is 3.49. The first kappa shape index (κ1) is 39.8. The second kappa shape index (κ2) is 16.0. The third-order valence-electron chi connectivity index (χ3n) is 12.7. The van der Waals surface area contributed by atoms with E-state index in [2.05, 4.69) is 171 Å². The van der Waals surface area contributed by atoms with E-state index in [0.29, 0.717) is 6.61 Å². The molecule has 5 aromatic rings. The quantitative estimate of drug-likeness (QED) is 0.0812. The highest BCUT2D eigenvalue weighted by Crippen LogP contribution is 2.51. The maximum absolute atomic E-state index is 6.90. The largest absolute Gasteiger partial charge is 0.490 e. The van der Waals surface area contributed by atoms with Crippen LogP contribution in [-0.2, 0) is 12.8 Å². The van der Waals surface area contributed by atoms with Crippen molar-refractivity contribution in [1.82, 2.24) is 0 Å². The molecule has 0 N–H and O–H groups in total. The predicted molar refractivity (Wildman–Crippen MR) is 243 cm³/mol. The monoisotopic (exact) mass is 748 g/mol. The molecule has 0 radical (unpaired) electrons. The van der Waals surface area contributed by atoms with E-state index in [0.717, 1.165) is 18.6 Å². The maximum Gasteiger partial charge on any atom is 0.118 e. The van der Waals surface area contributed by atoms with Gasteiger partial charge in [0.05, 0.1) is 16.1 Å². The molecule has 0 amide bonds. The van der Waals surface area contributed by atoms with Crippen molar-refractivity contribution in [2.45, 2.75) is 117 Å². The molecular weight excluding hydrogens is 685 g/mol. The number of hydrogen-bond acceptors (Lipinski definition) is 1. The Bertz CT molecular complexity index is 2030. The first-order valence-electron chi connectivity index (χ1n) is 20.6. The Morgan fingerprint density at radius 2 is 1.13 bits per heavy atom. The van der Waals surface area contributed by atoms with Crippen molar-refractivity contribution in [1.29, 1.82) is 0 Å². The van der Waals surface area contributed by atoms with Crippen LogP contribution in [0.25, 0.3) is 33.4 Å². The Labute approximate surface area is 330 Å². The lowest BCUT2D eigenvalue weighted by Crippen LogP contribution is -2.55. The van der Waals surface area contributed by atoms with E-state index in [1.54, 1.807) is 0 Å². The Balaban J connectivity index is 1.58. The second-order valence-electron chi connectivity index (χ2n) is 18.0. The highest BCUT2D eigenvalue weighted by molar-refractivity contribution is 6.95. The van der Waals surface area contributed by atoms with Crippen LogP contribution in [0.4, 0.5) is 0 Å². The smallest absolute Gasteiger partial charge is 0.118 e. The molecule has 1 nitrogen and oxygen atoms in total. The Kier molecular flexibility index (Phi) is 11.8. The minimum absolute atomic E-state index is 0.170. The summed E-state index contributed by atoms with van der Waals surface area (Å²) in [5, 5.41) is 3.05. The Morgan fingerprint density at radius 1 is 0.648 bits per heavy atom. The third kappa shape index (κ3) is 7.77. The summed E-state index contributed by atoms with van der Waals surface area (Å²) >= 11 is 0. The summed E-state index contributed by atoms with van der Waals surface area (Å²) < 4.78 is 6.90. The van der Waals surface area contributed by atoms with Gasteiger partial charge in [0, 0.05) is 5.54 Å². The second-order valence-corrected chi connectivity index (χ2v) is 27.9. The van der Waals surface area contributed by atoms with Crippen molar-refractivity contribution in [2.75, 3.05) is 6.61 Å². The van der Waals surface area contributed by atoms with Crippen LogP contribution >= 0.6 is 0 Å². The number of fused-ring (bicyclic) bond motifs is 3. The van der Waals surface area contributed by atoms with E-state index in [1.165, 1.54) is 97.3 Å². The molecule has 54 heavy (non-hydrogen) atoms. The van der Waals surface area contributed by atoms with E-state index < -0.39 is 16.1 Å². The summed E-state index contributed by atoms with van der Waals surface area (Å²) in [6, 6.07) is 38.1. The molecule has 0 unspecified atom stereocenters. The first-order valence-corrected chi connectivity index (χ1v) is 26.6. The average molecular weight is 749 g/mol. The lowest BCUT2D eigenvalue weighted by Gasteiger charge is -2.41. The SMILES string of the molecule is C=CCOc1c([Si](C)(C)C2c3cc(-c4cccc(CCCC)c4)ccc3-c3ccc(-c4cccc(CCCC)c4)cc32)cc(C)cc1[Si](C)(C)C(C)(C)C. The van der Waals surface area contributed by atoms with Crippen LogP contribution in [0, 0.1) is 6.92 Å². The normalized spacial score (nSPS) is 13.1. The topological polar surface area (TPSA) is 9.23 Å². The van der Waals surface area contributed by atoms with Crippen molar-refractivity contribution < 1.29 is 4.74 Å². The highest BCUT2D eigenvalue weighted by atomic mass is 28.3. The van der Waals surface area contributed by atoms with Crippen molar-refractivity contribution in [3.63, 3.8) is 0 Å². The summed E-state index contributed by atoms with van der Waals surface area (Å²) in [5.74, 6) is 1.14. The van der Waals surface area contributed by atoms with Gasteiger partial charge in [0.2, 0.25) is 0 Å². The number of rotatable bonds is 14. The minimum atomic E-state index is -2.39. The summed E-state index contributed by atoms with van der Waals surface area (Å²) in [7, 11) is -4.36. The molecule has 0 saturated carbocycles. The van der Waals surface area contributed by atoms with Crippen LogP contribution in [0.3, 0.4) is 0 Å². The van der Waals surface area contributed by atoms with Crippen molar-refractivity contribution >= 4 is 26.5 Å². The van der Waals surface area contributed by atoms with Crippen LogP contribution in [0.15, 0.2) is 110 Å². The molecule has 0 saturated heterocycles. The number of benzene rings is 5. The molecule has 1 aliphatic carbocycles. The van der Waals surface area contributed by atoms with Gasteiger partial charge in [0.15, 0.2) is 0 Å². The van der Waals surface area contributed by atoms with Crippen molar-refractivity contribution in [3.8, 4) is 39.1 Å². The number of unbranched alkanes of at least 4 members (excludes halogenated alkanes) is 2. The van der Waals surface area contributed by atoms with Gasteiger partial charge < -0.3 is 4.74 Å². The van der Waals surface area contributed by atoms with Gasteiger partial charge in [-0.15, -0.1) is 0 Å². The molecule has 282 valence electrons. The molecule has 0 aliphatic heterocycles. The fraction of sp³-hybridized carbons (Fsp3) is 0.373.